The Morgan fingerprint density at radius 3 is 1.04 bits per heavy atom. The van der Waals surface area contributed by atoms with Crippen LogP contribution in [0.25, 0.3) is 0 Å². The summed E-state index contributed by atoms with van der Waals surface area (Å²) in [6.45, 7) is 8.31. The van der Waals surface area contributed by atoms with E-state index < -0.39 is 18.5 Å². The number of carbonyl (C=O) groups is 2. The zero-order chi connectivity index (χ0) is 40.6. The van der Waals surface area contributed by atoms with Crippen LogP contribution in [0.5, 0.6) is 17.2 Å². The minimum atomic E-state index is -1.20. The van der Waals surface area contributed by atoms with Gasteiger partial charge in [-0.15, -0.1) is 0 Å². The molecule has 326 valence electrons. The van der Waals surface area contributed by atoms with Crippen molar-refractivity contribution in [1.82, 2.24) is 5.32 Å². The van der Waals surface area contributed by atoms with Crippen LogP contribution in [-0.2, 0) is 61.6 Å². The minimum absolute atomic E-state index is 0.119. The standard InChI is InChI=1S/C36H64N2O18/c1-42-4-7-45-10-13-48-16-19-51-22-25-54-32-28-31(38-36(41)37-30-34(39)40)29-33(55-26-23-52-20-17-49-14-11-46-8-5-43-2)35(32)56-27-24-53-21-18-50-15-12-47-9-6-44-3/h28-29H,4-27,30H2,1-3H3,(H,39,40)(H2,37,38,41). The molecule has 0 aliphatic heterocycles. The van der Waals surface area contributed by atoms with Gasteiger partial charge < -0.3 is 86.8 Å². The average molecular weight is 813 g/mol. The van der Waals surface area contributed by atoms with Crippen molar-refractivity contribution < 1.29 is 85.7 Å². The van der Waals surface area contributed by atoms with Crippen molar-refractivity contribution in [2.24, 2.45) is 0 Å². The van der Waals surface area contributed by atoms with Gasteiger partial charge in [0.1, 0.15) is 26.4 Å². The molecular formula is C36H64N2O18. The molecular weight excluding hydrogens is 748 g/mol. The van der Waals surface area contributed by atoms with Crippen LogP contribution in [0.2, 0.25) is 0 Å². The third kappa shape index (κ3) is 31.0. The minimum Gasteiger partial charge on any atom is -0.487 e. The summed E-state index contributed by atoms with van der Waals surface area (Å²) in [7, 11) is 4.83. The van der Waals surface area contributed by atoms with Crippen molar-refractivity contribution in [3.05, 3.63) is 12.1 Å². The SMILES string of the molecule is COCCOCCOCCOCCOc1cc(NC(=O)NCC(=O)O)cc(OCCOCCOCCOCCOC)c1OCCOCCOCCOCCOC. The second-order valence-electron chi connectivity index (χ2n) is 11.0. The van der Waals surface area contributed by atoms with Crippen LogP contribution in [0.4, 0.5) is 10.5 Å². The summed E-state index contributed by atoms with van der Waals surface area (Å²) in [5.41, 5.74) is 0.258. The second-order valence-corrected chi connectivity index (χ2v) is 11.0. The van der Waals surface area contributed by atoms with E-state index in [0.29, 0.717) is 119 Å². The average Bonchev–Trinajstić information content (AvgIpc) is 3.19. The van der Waals surface area contributed by atoms with Gasteiger partial charge in [0.05, 0.1) is 144 Å². The molecule has 1 aromatic carbocycles. The molecule has 2 amide bonds. The first-order valence-electron chi connectivity index (χ1n) is 18.5. The first kappa shape index (κ1) is 50.9. The van der Waals surface area contributed by atoms with E-state index in [1.165, 1.54) is 12.1 Å². The number of carboxylic acid groups (broad SMARTS) is 1. The molecule has 0 fully saturated rings. The molecule has 0 heterocycles. The molecule has 0 spiro atoms. The molecule has 20 heteroatoms. The fraction of sp³-hybridized carbons (Fsp3) is 0.778. The Balaban J connectivity index is 2.80. The Labute approximate surface area is 329 Å². The van der Waals surface area contributed by atoms with Gasteiger partial charge in [0.15, 0.2) is 11.5 Å². The van der Waals surface area contributed by atoms with Crippen LogP contribution in [0.15, 0.2) is 12.1 Å². The van der Waals surface area contributed by atoms with Crippen molar-refractivity contribution in [1.29, 1.82) is 0 Å². The van der Waals surface area contributed by atoms with Gasteiger partial charge in [0.25, 0.3) is 0 Å². The fourth-order valence-electron chi connectivity index (χ4n) is 4.01. The van der Waals surface area contributed by atoms with E-state index in [1.54, 1.807) is 21.3 Å². The molecule has 0 aromatic heterocycles. The van der Waals surface area contributed by atoms with Crippen LogP contribution >= 0.6 is 0 Å². The van der Waals surface area contributed by atoms with E-state index in [1.807, 2.05) is 0 Å². The monoisotopic (exact) mass is 812 g/mol. The number of carbonyl (C=O) groups excluding carboxylic acids is 1. The molecule has 3 N–H and O–H groups in total. The first-order valence-corrected chi connectivity index (χ1v) is 18.5. The predicted molar refractivity (Wildman–Crippen MR) is 201 cm³/mol. The summed E-state index contributed by atoms with van der Waals surface area (Å²) >= 11 is 0. The number of hydrogen-bond acceptors (Lipinski definition) is 17. The maximum atomic E-state index is 12.4. The Morgan fingerprint density at radius 1 is 0.446 bits per heavy atom. The Hall–Kier alpha value is -3.12. The van der Waals surface area contributed by atoms with Gasteiger partial charge in [-0.05, 0) is 0 Å². The van der Waals surface area contributed by atoms with Crippen molar-refractivity contribution >= 4 is 17.7 Å². The maximum absolute atomic E-state index is 12.4. The summed E-state index contributed by atoms with van der Waals surface area (Å²) in [6, 6.07) is 2.33. The van der Waals surface area contributed by atoms with Crippen LogP contribution < -0.4 is 24.8 Å². The van der Waals surface area contributed by atoms with E-state index in [-0.39, 0.29) is 62.6 Å². The molecule has 0 unspecified atom stereocenters. The third-order valence-electron chi connectivity index (χ3n) is 6.65. The number of aliphatic carboxylic acids is 1. The molecule has 0 radical (unpaired) electrons. The lowest BCUT2D eigenvalue weighted by Gasteiger charge is -2.19. The van der Waals surface area contributed by atoms with Gasteiger partial charge in [0, 0.05) is 33.5 Å². The second kappa shape index (κ2) is 38.7. The van der Waals surface area contributed by atoms with Crippen molar-refractivity contribution in [2.75, 3.05) is 192 Å². The number of rotatable bonds is 42. The smallest absolute Gasteiger partial charge is 0.323 e. The predicted octanol–water partition coefficient (Wildman–Crippen LogP) is 1.12. The third-order valence-corrected chi connectivity index (χ3v) is 6.65. The highest BCUT2D eigenvalue weighted by Crippen LogP contribution is 2.41. The molecule has 1 aromatic rings. The summed E-state index contributed by atoms with van der Waals surface area (Å²) in [5, 5.41) is 13.8. The molecule has 0 aliphatic carbocycles. The fourth-order valence-corrected chi connectivity index (χ4v) is 4.01. The van der Waals surface area contributed by atoms with E-state index in [9.17, 15) is 9.59 Å². The lowest BCUT2D eigenvalue weighted by molar-refractivity contribution is -0.135. The number of urea groups is 1. The van der Waals surface area contributed by atoms with Gasteiger partial charge in [0.2, 0.25) is 5.75 Å². The van der Waals surface area contributed by atoms with E-state index in [4.69, 9.17) is 76.2 Å². The molecule has 1 rings (SSSR count). The largest absolute Gasteiger partial charge is 0.487 e. The number of methoxy groups -OCH3 is 3. The number of nitrogens with one attached hydrogen (secondary N) is 2. The molecule has 0 saturated carbocycles. The Bertz CT molecular complexity index is 1020. The zero-order valence-corrected chi connectivity index (χ0v) is 33.2. The topological polar surface area (TPSA) is 217 Å². The van der Waals surface area contributed by atoms with E-state index in [2.05, 4.69) is 10.6 Å². The Morgan fingerprint density at radius 2 is 0.732 bits per heavy atom. The molecule has 0 aliphatic rings. The van der Waals surface area contributed by atoms with Crippen LogP contribution in [0, 0.1) is 0 Å². The summed E-state index contributed by atoms with van der Waals surface area (Å²) in [5.74, 6) is -0.465. The van der Waals surface area contributed by atoms with Crippen molar-refractivity contribution in [3.8, 4) is 17.2 Å². The number of carboxylic acids is 1. The van der Waals surface area contributed by atoms with Gasteiger partial charge in [-0.25, -0.2) is 4.79 Å². The van der Waals surface area contributed by atoms with Gasteiger partial charge >= 0.3 is 12.0 Å². The van der Waals surface area contributed by atoms with E-state index in [0.717, 1.165) is 0 Å². The molecule has 0 bridgehead atoms. The zero-order valence-electron chi connectivity index (χ0n) is 33.2. The molecule has 0 saturated heterocycles. The summed E-state index contributed by atoms with van der Waals surface area (Å²) in [6.07, 6.45) is 0. The number of anilines is 1. The van der Waals surface area contributed by atoms with Crippen LogP contribution in [0.3, 0.4) is 0 Å². The lowest BCUT2D eigenvalue weighted by atomic mass is 10.2. The maximum Gasteiger partial charge on any atom is 0.323 e. The molecule has 20 nitrogen and oxygen atoms in total. The lowest BCUT2D eigenvalue weighted by Crippen LogP contribution is -2.33. The highest BCUT2D eigenvalue weighted by atomic mass is 16.6. The van der Waals surface area contributed by atoms with Gasteiger partial charge in [-0.1, -0.05) is 0 Å². The Kier molecular flexibility index (Phi) is 35.2. The number of amides is 2. The van der Waals surface area contributed by atoms with Gasteiger partial charge in [-0.2, -0.15) is 0 Å². The normalized spacial score (nSPS) is 11.1. The summed E-state index contributed by atoms with van der Waals surface area (Å²) < 4.78 is 82.5. The first-order chi connectivity index (χ1) is 27.5. The summed E-state index contributed by atoms with van der Waals surface area (Å²) in [4.78, 5) is 23.4. The highest BCUT2D eigenvalue weighted by molar-refractivity contribution is 5.92. The number of hydrogen-bond donors (Lipinski definition) is 3. The van der Waals surface area contributed by atoms with Crippen LogP contribution in [-0.4, -0.2) is 204 Å². The molecule has 0 atom stereocenters. The van der Waals surface area contributed by atoms with Gasteiger partial charge in [-0.3, -0.25) is 4.79 Å². The quantitative estimate of drug-likeness (QED) is 0.0789. The number of benzene rings is 1. The van der Waals surface area contributed by atoms with Crippen molar-refractivity contribution in [2.45, 2.75) is 0 Å². The molecule has 56 heavy (non-hydrogen) atoms. The van der Waals surface area contributed by atoms with E-state index >= 15 is 0 Å². The highest BCUT2D eigenvalue weighted by Gasteiger charge is 2.18. The number of ether oxygens (including phenoxy) is 15. The van der Waals surface area contributed by atoms with Crippen LogP contribution in [0.1, 0.15) is 0 Å². The van der Waals surface area contributed by atoms with Crippen molar-refractivity contribution in [3.63, 3.8) is 0 Å².